The van der Waals surface area contributed by atoms with Crippen molar-refractivity contribution >= 4 is 22.8 Å². The van der Waals surface area contributed by atoms with Crippen LogP contribution < -0.4 is 10.6 Å². The average molecular weight is 199 g/mol. The van der Waals surface area contributed by atoms with Gasteiger partial charge in [-0.05, 0) is 12.8 Å². The van der Waals surface area contributed by atoms with E-state index in [1.54, 1.807) is 0 Å². The van der Waals surface area contributed by atoms with Crippen molar-refractivity contribution in [2.75, 3.05) is 18.8 Å². The standard InChI is InChI=1S/C8H13N3OS/c12-7(11-6-1-2-6)5-13-8-9-3-4-10-8/h6H,1-5H2,(H,9,10)(H,11,12). The zero-order valence-corrected chi connectivity index (χ0v) is 8.19. The van der Waals surface area contributed by atoms with Crippen LogP contribution in [0.15, 0.2) is 4.99 Å². The fourth-order valence-electron chi connectivity index (χ4n) is 1.10. The predicted octanol–water partition coefficient (Wildman–Crippen LogP) is -0.0426. The first-order valence-corrected chi connectivity index (χ1v) is 5.53. The van der Waals surface area contributed by atoms with Gasteiger partial charge in [0.05, 0.1) is 12.3 Å². The van der Waals surface area contributed by atoms with Crippen molar-refractivity contribution in [3.05, 3.63) is 0 Å². The molecule has 1 heterocycles. The van der Waals surface area contributed by atoms with Crippen molar-refractivity contribution < 1.29 is 4.79 Å². The van der Waals surface area contributed by atoms with Gasteiger partial charge in [0.2, 0.25) is 5.91 Å². The maximum Gasteiger partial charge on any atom is 0.230 e. The second-order valence-corrected chi connectivity index (χ2v) is 4.21. The molecule has 0 saturated heterocycles. The van der Waals surface area contributed by atoms with E-state index in [1.807, 2.05) is 0 Å². The molecule has 0 aromatic carbocycles. The molecule has 2 rings (SSSR count). The van der Waals surface area contributed by atoms with Crippen molar-refractivity contribution in [2.24, 2.45) is 4.99 Å². The van der Waals surface area contributed by atoms with Gasteiger partial charge < -0.3 is 10.6 Å². The lowest BCUT2D eigenvalue weighted by atomic mass is 10.6. The average Bonchev–Trinajstić information content (AvgIpc) is 2.78. The first-order chi connectivity index (χ1) is 6.34. The summed E-state index contributed by atoms with van der Waals surface area (Å²) >= 11 is 1.49. The molecule has 2 aliphatic rings. The molecule has 1 fully saturated rings. The van der Waals surface area contributed by atoms with Crippen LogP contribution in [0.2, 0.25) is 0 Å². The Labute approximate surface area is 81.6 Å². The number of hydrogen-bond donors (Lipinski definition) is 2. The second kappa shape index (κ2) is 4.00. The van der Waals surface area contributed by atoms with E-state index in [-0.39, 0.29) is 5.91 Å². The van der Waals surface area contributed by atoms with Crippen LogP contribution in [0, 0.1) is 0 Å². The summed E-state index contributed by atoms with van der Waals surface area (Å²) < 4.78 is 0. The smallest absolute Gasteiger partial charge is 0.230 e. The van der Waals surface area contributed by atoms with Gasteiger partial charge in [0, 0.05) is 12.6 Å². The van der Waals surface area contributed by atoms with E-state index in [4.69, 9.17) is 0 Å². The molecule has 4 nitrogen and oxygen atoms in total. The number of nitrogens with zero attached hydrogens (tertiary/aromatic N) is 1. The van der Waals surface area contributed by atoms with E-state index in [0.29, 0.717) is 11.8 Å². The first kappa shape index (κ1) is 8.87. The van der Waals surface area contributed by atoms with Crippen LogP contribution in [-0.4, -0.2) is 36.0 Å². The van der Waals surface area contributed by atoms with Crippen LogP contribution >= 0.6 is 11.8 Å². The molecule has 1 amide bonds. The molecule has 0 bridgehead atoms. The fourth-order valence-corrected chi connectivity index (χ4v) is 1.84. The molecule has 0 atom stereocenters. The number of aliphatic imine (C=N–C) groups is 1. The third-order valence-corrected chi connectivity index (χ3v) is 2.88. The molecule has 1 aliphatic carbocycles. The Kier molecular flexibility index (Phi) is 2.73. The molecule has 1 aliphatic heterocycles. The van der Waals surface area contributed by atoms with Crippen molar-refractivity contribution in [1.82, 2.24) is 10.6 Å². The van der Waals surface area contributed by atoms with Crippen LogP contribution in [0.4, 0.5) is 0 Å². The molecule has 0 aromatic rings. The van der Waals surface area contributed by atoms with E-state index < -0.39 is 0 Å². The number of amides is 1. The van der Waals surface area contributed by atoms with Crippen LogP contribution in [-0.2, 0) is 4.79 Å². The Bertz CT molecular complexity index is 238. The highest BCUT2D eigenvalue weighted by molar-refractivity contribution is 8.14. The molecule has 0 radical (unpaired) electrons. The first-order valence-electron chi connectivity index (χ1n) is 4.55. The molecule has 0 unspecified atom stereocenters. The molecule has 72 valence electrons. The molecule has 1 saturated carbocycles. The lowest BCUT2D eigenvalue weighted by Crippen LogP contribution is -2.28. The summed E-state index contributed by atoms with van der Waals surface area (Å²) in [7, 11) is 0. The van der Waals surface area contributed by atoms with E-state index in [0.717, 1.165) is 31.1 Å². The minimum atomic E-state index is 0.129. The Hall–Kier alpha value is -0.710. The normalized spacial score (nSPS) is 20.8. The minimum absolute atomic E-state index is 0.129. The van der Waals surface area contributed by atoms with Crippen molar-refractivity contribution in [1.29, 1.82) is 0 Å². The Morgan fingerprint density at radius 2 is 2.54 bits per heavy atom. The highest BCUT2D eigenvalue weighted by atomic mass is 32.2. The molecule has 0 aromatic heterocycles. The van der Waals surface area contributed by atoms with Crippen molar-refractivity contribution in [2.45, 2.75) is 18.9 Å². The number of amidine groups is 1. The predicted molar refractivity (Wildman–Crippen MR) is 53.9 cm³/mol. The van der Waals surface area contributed by atoms with Gasteiger partial charge in [0.1, 0.15) is 0 Å². The van der Waals surface area contributed by atoms with Gasteiger partial charge in [0.25, 0.3) is 0 Å². The quantitative estimate of drug-likeness (QED) is 0.670. The number of nitrogens with one attached hydrogen (secondary N) is 2. The van der Waals surface area contributed by atoms with Gasteiger partial charge in [-0.25, -0.2) is 0 Å². The Morgan fingerprint density at radius 3 is 3.15 bits per heavy atom. The highest BCUT2D eigenvalue weighted by Crippen LogP contribution is 2.18. The number of carbonyl (C=O) groups is 1. The number of thioether (sulfide) groups is 1. The summed E-state index contributed by atoms with van der Waals surface area (Å²) in [4.78, 5) is 15.4. The molecular formula is C8H13N3OS. The number of carbonyl (C=O) groups excluding carboxylic acids is 1. The SMILES string of the molecule is O=C(CSC1=NCCN1)NC1CC1. The molecular weight excluding hydrogens is 186 g/mol. The van der Waals surface area contributed by atoms with Crippen LogP contribution in [0.5, 0.6) is 0 Å². The van der Waals surface area contributed by atoms with Gasteiger partial charge in [-0.3, -0.25) is 9.79 Å². The largest absolute Gasteiger partial charge is 0.363 e. The Balaban J connectivity index is 1.62. The van der Waals surface area contributed by atoms with E-state index in [2.05, 4.69) is 15.6 Å². The van der Waals surface area contributed by atoms with Crippen LogP contribution in [0.1, 0.15) is 12.8 Å². The highest BCUT2D eigenvalue weighted by Gasteiger charge is 2.23. The van der Waals surface area contributed by atoms with E-state index >= 15 is 0 Å². The fraction of sp³-hybridized carbons (Fsp3) is 0.750. The van der Waals surface area contributed by atoms with E-state index in [9.17, 15) is 4.79 Å². The molecule has 0 spiro atoms. The maximum absolute atomic E-state index is 11.2. The van der Waals surface area contributed by atoms with Gasteiger partial charge in [-0.15, -0.1) is 0 Å². The van der Waals surface area contributed by atoms with Crippen molar-refractivity contribution in [3.63, 3.8) is 0 Å². The summed E-state index contributed by atoms with van der Waals surface area (Å²) in [5, 5.41) is 6.96. The van der Waals surface area contributed by atoms with Crippen molar-refractivity contribution in [3.8, 4) is 0 Å². The summed E-state index contributed by atoms with van der Waals surface area (Å²) in [5.74, 6) is 0.617. The zero-order chi connectivity index (χ0) is 9.10. The summed E-state index contributed by atoms with van der Waals surface area (Å²) in [5.41, 5.74) is 0. The maximum atomic E-state index is 11.2. The molecule has 5 heteroatoms. The molecule has 2 N–H and O–H groups in total. The summed E-state index contributed by atoms with van der Waals surface area (Å²) in [6.07, 6.45) is 2.30. The van der Waals surface area contributed by atoms with Crippen LogP contribution in [0.25, 0.3) is 0 Å². The topological polar surface area (TPSA) is 53.5 Å². The zero-order valence-electron chi connectivity index (χ0n) is 7.38. The monoisotopic (exact) mass is 199 g/mol. The van der Waals surface area contributed by atoms with Gasteiger partial charge in [-0.1, -0.05) is 11.8 Å². The van der Waals surface area contributed by atoms with Crippen LogP contribution in [0.3, 0.4) is 0 Å². The summed E-state index contributed by atoms with van der Waals surface area (Å²) in [6, 6.07) is 0.464. The third kappa shape index (κ3) is 2.91. The summed E-state index contributed by atoms with van der Waals surface area (Å²) in [6.45, 7) is 1.75. The third-order valence-electron chi connectivity index (χ3n) is 1.93. The second-order valence-electron chi connectivity index (χ2n) is 3.24. The lowest BCUT2D eigenvalue weighted by molar-refractivity contribution is -0.118. The number of hydrogen-bond acceptors (Lipinski definition) is 4. The van der Waals surface area contributed by atoms with Gasteiger partial charge >= 0.3 is 0 Å². The molecule has 13 heavy (non-hydrogen) atoms. The van der Waals surface area contributed by atoms with E-state index in [1.165, 1.54) is 11.8 Å². The van der Waals surface area contributed by atoms with Gasteiger partial charge in [-0.2, -0.15) is 0 Å². The van der Waals surface area contributed by atoms with Gasteiger partial charge in [0.15, 0.2) is 5.17 Å². The Morgan fingerprint density at radius 1 is 1.69 bits per heavy atom. The number of rotatable bonds is 3. The minimum Gasteiger partial charge on any atom is -0.363 e. The lowest BCUT2D eigenvalue weighted by Gasteiger charge is -2.02.